The number of hydrogen-bond acceptors (Lipinski definition) is 5. The fourth-order valence-corrected chi connectivity index (χ4v) is 1.65. The number of H-pyrrole nitrogens is 1. The van der Waals surface area contributed by atoms with Crippen LogP contribution in [0, 0.1) is 0 Å². The predicted molar refractivity (Wildman–Crippen MR) is 61.0 cm³/mol. The standard InChI is InChI=1S/C9H13ClN4O2/c10-7-8(13-5-14-9(7)15)12-3-6-4-16-2-1-11-6/h5-6,11H,1-4H2,(H2,12,13,14,15). The Balaban J connectivity index is 1.93. The average Bonchev–Trinajstić information content (AvgIpc) is 2.32. The number of ether oxygens (including phenoxy) is 1. The second-order valence-electron chi connectivity index (χ2n) is 3.50. The van der Waals surface area contributed by atoms with E-state index in [2.05, 4.69) is 20.6 Å². The second-order valence-corrected chi connectivity index (χ2v) is 3.88. The van der Waals surface area contributed by atoms with Gasteiger partial charge in [-0.15, -0.1) is 0 Å². The van der Waals surface area contributed by atoms with Crippen LogP contribution in [0.2, 0.25) is 5.02 Å². The smallest absolute Gasteiger partial charge is 0.271 e. The number of anilines is 1. The number of aromatic amines is 1. The summed E-state index contributed by atoms with van der Waals surface area (Å²) in [6.07, 6.45) is 1.32. The molecule has 1 fully saturated rings. The van der Waals surface area contributed by atoms with E-state index in [1.807, 2.05) is 0 Å². The lowest BCUT2D eigenvalue weighted by Crippen LogP contribution is -2.45. The molecule has 16 heavy (non-hydrogen) atoms. The van der Waals surface area contributed by atoms with Gasteiger partial charge in [0.2, 0.25) is 0 Å². The number of nitrogens with zero attached hydrogens (tertiary/aromatic N) is 1. The van der Waals surface area contributed by atoms with Gasteiger partial charge in [0.1, 0.15) is 5.02 Å². The molecule has 1 saturated heterocycles. The largest absolute Gasteiger partial charge is 0.378 e. The number of aromatic nitrogens is 2. The molecule has 88 valence electrons. The quantitative estimate of drug-likeness (QED) is 0.688. The molecule has 1 aliphatic rings. The molecule has 2 rings (SSSR count). The number of nitrogens with one attached hydrogen (secondary N) is 3. The van der Waals surface area contributed by atoms with Crippen LogP contribution in [0.1, 0.15) is 0 Å². The molecule has 1 aromatic heterocycles. The Hall–Kier alpha value is -1.11. The molecule has 1 unspecified atom stereocenters. The fraction of sp³-hybridized carbons (Fsp3) is 0.556. The van der Waals surface area contributed by atoms with Crippen molar-refractivity contribution in [2.75, 3.05) is 31.6 Å². The van der Waals surface area contributed by atoms with Crippen LogP contribution >= 0.6 is 11.6 Å². The van der Waals surface area contributed by atoms with Gasteiger partial charge in [-0.2, -0.15) is 0 Å². The third kappa shape index (κ3) is 2.72. The summed E-state index contributed by atoms with van der Waals surface area (Å²) in [5.41, 5.74) is -0.341. The summed E-state index contributed by atoms with van der Waals surface area (Å²) in [6, 6.07) is 0.214. The van der Waals surface area contributed by atoms with Gasteiger partial charge < -0.3 is 20.4 Å². The minimum Gasteiger partial charge on any atom is -0.378 e. The normalized spacial score (nSPS) is 20.7. The molecule has 0 saturated carbocycles. The van der Waals surface area contributed by atoms with Crippen LogP contribution in [0.15, 0.2) is 11.1 Å². The summed E-state index contributed by atoms with van der Waals surface area (Å²) >= 11 is 5.79. The van der Waals surface area contributed by atoms with Crippen LogP contribution < -0.4 is 16.2 Å². The molecule has 1 aromatic rings. The molecule has 6 nitrogen and oxygen atoms in total. The van der Waals surface area contributed by atoms with Gasteiger partial charge in [-0.1, -0.05) is 11.6 Å². The molecular weight excluding hydrogens is 232 g/mol. The van der Waals surface area contributed by atoms with E-state index in [9.17, 15) is 4.79 Å². The number of morpholine rings is 1. The highest BCUT2D eigenvalue weighted by atomic mass is 35.5. The van der Waals surface area contributed by atoms with Gasteiger partial charge in [-0.25, -0.2) is 4.98 Å². The first-order valence-electron chi connectivity index (χ1n) is 5.05. The van der Waals surface area contributed by atoms with Gasteiger partial charge in [-0.05, 0) is 0 Å². The summed E-state index contributed by atoms with van der Waals surface area (Å²) in [5.74, 6) is 0.401. The fourth-order valence-electron chi connectivity index (χ4n) is 1.48. The summed E-state index contributed by atoms with van der Waals surface area (Å²) in [6.45, 7) is 2.84. The summed E-state index contributed by atoms with van der Waals surface area (Å²) in [5, 5.41) is 6.38. The molecule has 3 N–H and O–H groups in total. The highest BCUT2D eigenvalue weighted by molar-refractivity contribution is 6.32. The first-order chi connectivity index (χ1) is 7.77. The average molecular weight is 245 g/mol. The van der Waals surface area contributed by atoms with Crippen LogP contribution in [0.25, 0.3) is 0 Å². The van der Waals surface area contributed by atoms with Crippen LogP contribution in [0.4, 0.5) is 5.82 Å². The Morgan fingerprint density at radius 2 is 2.56 bits per heavy atom. The van der Waals surface area contributed by atoms with Crippen molar-refractivity contribution in [1.29, 1.82) is 0 Å². The molecule has 0 spiro atoms. The Kier molecular flexibility index (Phi) is 3.76. The topological polar surface area (TPSA) is 79.0 Å². The maximum Gasteiger partial charge on any atom is 0.271 e. The third-order valence-electron chi connectivity index (χ3n) is 2.31. The lowest BCUT2D eigenvalue weighted by molar-refractivity contribution is 0.0806. The molecule has 0 bridgehead atoms. The lowest BCUT2D eigenvalue weighted by Gasteiger charge is -2.24. The molecule has 1 aliphatic heterocycles. The molecule has 0 radical (unpaired) electrons. The SMILES string of the molecule is O=c1[nH]cnc(NCC2COCCN2)c1Cl. The zero-order valence-electron chi connectivity index (χ0n) is 8.62. The molecule has 0 aromatic carbocycles. The number of hydrogen-bond donors (Lipinski definition) is 3. The Labute approximate surface area is 97.4 Å². The molecule has 0 aliphatic carbocycles. The van der Waals surface area contributed by atoms with E-state index in [-0.39, 0.29) is 16.6 Å². The van der Waals surface area contributed by atoms with Crippen LogP contribution in [-0.2, 0) is 4.74 Å². The second kappa shape index (κ2) is 5.29. The van der Waals surface area contributed by atoms with E-state index in [1.165, 1.54) is 6.33 Å². The van der Waals surface area contributed by atoms with Crippen molar-refractivity contribution < 1.29 is 4.74 Å². The predicted octanol–water partition coefficient (Wildman–Crippen LogP) is -0.176. The third-order valence-corrected chi connectivity index (χ3v) is 2.66. The van der Waals surface area contributed by atoms with Crippen molar-refractivity contribution in [3.63, 3.8) is 0 Å². The van der Waals surface area contributed by atoms with E-state index in [0.717, 1.165) is 13.2 Å². The van der Waals surface area contributed by atoms with Crippen LogP contribution in [0.5, 0.6) is 0 Å². The van der Waals surface area contributed by atoms with Crippen LogP contribution in [0.3, 0.4) is 0 Å². The van der Waals surface area contributed by atoms with Crippen molar-refractivity contribution in [3.05, 3.63) is 21.7 Å². The zero-order chi connectivity index (χ0) is 11.4. The van der Waals surface area contributed by atoms with Gasteiger partial charge in [0, 0.05) is 19.1 Å². The molecule has 2 heterocycles. The van der Waals surface area contributed by atoms with Crippen molar-refractivity contribution >= 4 is 17.4 Å². The minimum absolute atomic E-state index is 0.0826. The van der Waals surface area contributed by atoms with Crippen molar-refractivity contribution in [3.8, 4) is 0 Å². The van der Waals surface area contributed by atoms with E-state index in [4.69, 9.17) is 16.3 Å². The molecule has 0 amide bonds. The molecule has 7 heteroatoms. The highest BCUT2D eigenvalue weighted by Gasteiger charge is 2.13. The maximum absolute atomic E-state index is 11.2. The summed E-state index contributed by atoms with van der Waals surface area (Å²) < 4.78 is 5.30. The van der Waals surface area contributed by atoms with Crippen molar-refractivity contribution in [1.82, 2.24) is 15.3 Å². The monoisotopic (exact) mass is 244 g/mol. The highest BCUT2D eigenvalue weighted by Crippen LogP contribution is 2.11. The van der Waals surface area contributed by atoms with E-state index < -0.39 is 0 Å². The first kappa shape index (κ1) is 11.4. The van der Waals surface area contributed by atoms with Gasteiger partial charge in [0.05, 0.1) is 19.5 Å². The van der Waals surface area contributed by atoms with Gasteiger partial charge >= 0.3 is 0 Å². The van der Waals surface area contributed by atoms with Crippen molar-refractivity contribution in [2.45, 2.75) is 6.04 Å². The summed E-state index contributed by atoms with van der Waals surface area (Å²) in [4.78, 5) is 17.5. The van der Waals surface area contributed by atoms with Gasteiger partial charge in [-0.3, -0.25) is 4.79 Å². The van der Waals surface area contributed by atoms with E-state index in [0.29, 0.717) is 19.0 Å². The van der Waals surface area contributed by atoms with E-state index >= 15 is 0 Å². The number of halogens is 1. The van der Waals surface area contributed by atoms with Gasteiger partial charge in [0.25, 0.3) is 5.56 Å². The summed E-state index contributed by atoms with van der Waals surface area (Å²) in [7, 11) is 0. The Morgan fingerprint density at radius 3 is 3.31 bits per heavy atom. The molecular formula is C9H13ClN4O2. The van der Waals surface area contributed by atoms with Crippen LogP contribution in [-0.4, -0.2) is 42.3 Å². The van der Waals surface area contributed by atoms with E-state index in [1.54, 1.807) is 0 Å². The molecule has 1 atom stereocenters. The Bertz CT molecular complexity index is 403. The lowest BCUT2D eigenvalue weighted by atomic mass is 10.3. The maximum atomic E-state index is 11.2. The zero-order valence-corrected chi connectivity index (χ0v) is 9.38. The number of rotatable bonds is 3. The van der Waals surface area contributed by atoms with Gasteiger partial charge in [0.15, 0.2) is 5.82 Å². The minimum atomic E-state index is -0.341. The Morgan fingerprint density at radius 1 is 1.69 bits per heavy atom. The first-order valence-corrected chi connectivity index (χ1v) is 5.43. The van der Waals surface area contributed by atoms with Crippen molar-refractivity contribution in [2.24, 2.45) is 0 Å².